The van der Waals surface area contributed by atoms with Gasteiger partial charge in [-0.3, -0.25) is 10.1 Å². The molecule has 0 saturated heterocycles. The Morgan fingerprint density at radius 3 is 2.37 bits per heavy atom. The second kappa shape index (κ2) is 6.57. The summed E-state index contributed by atoms with van der Waals surface area (Å²) >= 11 is 0. The Balaban J connectivity index is 2.67. The highest BCUT2D eigenvalue weighted by Gasteiger charge is 2.32. The maximum Gasteiger partial charge on any atom is 0.323 e. The summed E-state index contributed by atoms with van der Waals surface area (Å²) in [5, 5.41) is 12.5. The second-order valence-corrected chi connectivity index (χ2v) is 5.28. The monoisotopic (exact) mass is 265 g/mol. The minimum absolute atomic E-state index is 0.136. The summed E-state index contributed by atoms with van der Waals surface area (Å²) < 4.78 is 5.10. The number of nitrogens with one attached hydrogen (secondary N) is 1. The van der Waals surface area contributed by atoms with Gasteiger partial charge in [-0.1, -0.05) is 12.1 Å². The van der Waals surface area contributed by atoms with Crippen LogP contribution in [0.4, 0.5) is 0 Å². The van der Waals surface area contributed by atoms with Crippen LogP contribution in [0.3, 0.4) is 0 Å². The predicted octanol–water partition coefficient (Wildman–Crippen LogP) is 2.47. The lowest BCUT2D eigenvalue weighted by molar-refractivity contribution is -0.144. The van der Waals surface area contributed by atoms with Gasteiger partial charge in [0.05, 0.1) is 7.11 Å². The first-order valence-corrected chi connectivity index (χ1v) is 6.51. The van der Waals surface area contributed by atoms with Gasteiger partial charge >= 0.3 is 5.97 Å². The summed E-state index contributed by atoms with van der Waals surface area (Å²) in [6, 6.07) is 7.86. The third-order valence-electron chi connectivity index (χ3n) is 3.15. The van der Waals surface area contributed by atoms with Gasteiger partial charge < -0.3 is 9.84 Å². The Kier molecular flexibility index (Phi) is 5.36. The molecule has 0 aliphatic rings. The summed E-state index contributed by atoms with van der Waals surface area (Å²) in [6.07, 6.45) is 1.26. The van der Waals surface area contributed by atoms with Gasteiger partial charge in [0.25, 0.3) is 0 Å². The van der Waals surface area contributed by atoms with Gasteiger partial charge in [0, 0.05) is 6.04 Å². The minimum Gasteiger partial charge on any atom is -0.497 e. The number of carboxylic acid groups (broad SMARTS) is 1. The highest BCUT2D eigenvalue weighted by molar-refractivity contribution is 5.78. The molecule has 1 aromatic rings. The van der Waals surface area contributed by atoms with Gasteiger partial charge in [-0.15, -0.1) is 0 Å². The first-order valence-electron chi connectivity index (χ1n) is 6.51. The van der Waals surface area contributed by atoms with Gasteiger partial charge in [0.2, 0.25) is 0 Å². The van der Waals surface area contributed by atoms with E-state index in [2.05, 4.69) is 5.32 Å². The van der Waals surface area contributed by atoms with Crippen molar-refractivity contribution in [3.8, 4) is 5.75 Å². The van der Waals surface area contributed by atoms with E-state index in [0.29, 0.717) is 12.8 Å². The number of methoxy groups -OCH3 is 1. The quantitative estimate of drug-likeness (QED) is 0.795. The average molecular weight is 265 g/mol. The molecule has 0 fully saturated rings. The molecule has 106 valence electrons. The van der Waals surface area contributed by atoms with Crippen molar-refractivity contribution in [2.75, 3.05) is 7.11 Å². The third-order valence-corrected chi connectivity index (χ3v) is 3.15. The minimum atomic E-state index is -0.895. The van der Waals surface area contributed by atoms with Crippen molar-refractivity contribution in [2.24, 2.45) is 0 Å². The van der Waals surface area contributed by atoms with Gasteiger partial charge in [-0.25, -0.2) is 0 Å². The third kappa shape index (κ3) is 4.56. The van der Waals surface area contributed by atoms with E-state index >= 15 is 0 Å². The van der Waals surface area contributed by atoms with E-state index in [-0.39, 0.29) is 6.04 Å². The van der Waals surface area contributed by atoms with E-state index in [1.807, 2.05) is 38.1 Å². The van der Waals surface area contributed by atoms with Crippen LogP contribution < -0.4 is 10.1 Å². The van der Waals surface area contributed by atoms with Crippen LogP contribution in [0.25, 0.3) is 0 Å². The van der Waals surface area contributed by atoms with Crippen LogP contribution in [0.5, 0.6) is 5.75 Å². The normalized spacial score (nSPS) is 14.2. The van der Waals surface area contributed by atoms with Crippen LogP contribution in [0, 0.1) is 0 Å². The maximum atomic E-state index is 11.4. The number of benzene rings is 1. The highest BCUT2D eigenvalue weighted by Crippen LogP contribution is 2.18. The van der Waals surface area contributed by atoms with Crippen molar-refractivity contribution in [1.29, 1.82) is 0 Å². The summed E-state index contributed by atoms with van der Waals surface area (Å²) in [4.78, 5) is 11.4. The van der Waals surface area contributed by atoms with E-state index < -0.39 is 11.5 Å². The van der Waals surface area contributed by atoms with Crippen molar-refractivity contribution in [3.63, 3.8) is 0 Å². The molecule has 0 spiro atoms. The molecule has 4 nitrogen and oxygen atoms in total. The Morgan fingerprint density at radius 2 is 1.95 bits per heavy atom. The van der Waals surface area contributed by atoms with Crippen molar-refractivity contribution >= 4 is 5.97 Å². The highest BCUT2D eigenvalue weighted by atomic mass is 16.5. The van der Waals surface area contributed by atoms with Crippen LogP contribution in [0.1, 0.15) is 32.8 Å². The van der Waals surface area contributed by atoms with Gasteiger partial charge in [-0.05, 0) is 51.3 Å². The fourth-order valence-corrected chi connectivity index (χ4v) is 2.06. The Bertz CT molecular complexity index is 414. The maximum absolute atomic E-state index is 11.4. The van der Waals surface area contributed by atoms with Gasteiger partial charge in [0.15, 0.2) is 0 Å². The topological polar surface area (TPSA) is 58.6 Å². The molecule has 2 N–H and O–H groups in total. The van der Waals surface area contributed by atoms with E-state index in [4.69, 9.17) is 4.74 Å². The fraction of sp³-hybridized carbons (Fsp3) is 0.533. The molecule has 19 heavy (non-hydrogen) atoms. The predicted molar refractivity (Wildman–Crippen MR) is 75.6 cm³/mol. The van der Waals surface area contributed by atoms with E-state index in [1.165, 1.54) is 0 Å². The molecule has 0 aliphatic heterocycles. The van der Waals surface area contributed by atoms with E-state index in [0.717, 1.165) is 11.3 Å². The zero-order valence-corrected chi connectivity index (χ0v) is 12.1. The molecule has 4 heteroatoms. The standard InChI is InChI=1S/C15H23NO3/c1-11(2)16-15(3,14(17)18)10-9-12-5-7-13(19-4)8-6-12/h5-8,11,16H,9-10H2,1-4H3,(H,17,18). The first kappa shape index (κ1) is 15.5. The SMILES string of the molecule is COc1ccc(CCC(C)(NC(C)C)C(=O)O)cc1. The number of rotatable bonds is 7. The number of aliphatic carboxylic acids is 1. The summed E-state index contributed by atoms with van der Waals surface area (Å²) in [7, 11) is 1.63. The van der Waals surface area contributed by atoms with Crippen molar-refractivity contribution in [3.05, 3.63) is 29.8 Å². The fourth-order valence-electron chi connectivity index (χ4n) is 2.06. The largest absolute Gasteiger partial charge is 0.497 e. The molecule has 1 rings (SSSR count). The number of carbonyl (C=O) groups is 1. The number of ether oxygens (including phenoxy) is 1. The van der Waals surface area contributed by atoms with Crippen LogP contribution in [-0.4, -0.2) is 29.8 Å². The lowest BCUT2D eigenvalue weighted by atomic mass is 9.92. The molecule has 0 aromatic heterocycles. The van der Waals surface area contributed by atoms with Crippen LogP contribution in [-0.2, 0) is 11.2 Å². The Hall–Kier alpha value is -1.55. The summed E-state index contributed by atoms with van der Waals surface area (Å²) in [6.45, 7) is 5.64. The molecule has 0 radical (unpaired) electrons. The summed E-state index contributed by atoms with van der Waals surface area (Å²) in [5.41, 5.74) is 0.215. The molecular formula is C15H23NO3. The van der Waals surface area contributed by atoms with E-state index in [9.17, 15) is 9.90 Å². The molecular weight excluding hydrogens is 242 g/mol. The number of hydrogen-bond acceptors (Lipinski definition) is 3. The molecule has 0 saturated carbocycles. The molecule has 0 bridgehead atoms. The first-order chi connectivity index (χ1) is 8.87. The van der Waals surface area contributed by atoms with Gasteiger partial charge in [-0.2, -0.15) is 0 Å². The zero-order chi connectivity index (χ0) is 14.5. The van der Waals surface area contributed by atoms with E-state index in [1.54, 1.807) is 14.0 Å². The number of hydrogen-bond donors (Lipinski definition) is 2. The van der Waals surface area contributed by atoms with Crippen LogP contribution >= 0.6 is 0 Å². The van der Waals surface area contributed by atoms with Crippen LogP contribution in [0.2, 0.25) is 0 Å². The molecule has 0 aliphatic carbocycles. The Morgan fingerprint density at radius 1 is 1.37 bits per heavy atom. The van der Waals surface area contributed by atoms with Crippen LogP contribution in [0.15, 0.2) is 24.3 Å². The number of carboxylic acids is 1. The van der Waals surface area contributed by atoms with Crippen molar-refractivity contribution in [2.45, 2.75) is 45.2 Å². The van der Waals surface area contributed by atoms with Crippen molar-refractivity contribution in [1.82, 2.24) is 5.32 Å². The number of aryl methyl sites for hydroxylation is 1. The molecule has 1 aromatic carbocycles. The summed E-state index contributed by atoms with van der Waals surface area (Å²) in [5.74, 6) is -0.000219. The van der Waals surface area contributed by atoms with Gasteiger partial charge in [0.1, 0.15) is 11.3 Å². The molecule has 0 heterocycles. The smallest absolute Gasteiger partial charge is 0.323 e. The second-order valence-electron chi connectivity index (χ2n) is 5.28. The molecule has 0 amide bonds. The average Bonchev–Trinajstić information content (AvgIpc) is 2.36. The lowest BCUT2D eigenvalue weighted by Gasteiger charge is -2.28. The molecule has 1 atom stereocenters. The lowest BCUT2D eigenvalue weighted by Crippen LogP contribution is -2.52. The zero-order valence-electron chi connectivity index (χ0n) is 12.1. The van der Waals surface area contributed by atoms with Crippen molar-refractivity contribution < 1.29 is 14.6 Å². The Labute approximate surface area is 114 Å². The molecule has 1 unspecified atom stereocenters.